The van der Waals surface area contributed by atoms with Crippen LogP contribution in [0.3, 0.4) is 0 Å². The molecule has 8 nitrogen and oxygen atoms in total. The summed E-state index contributed by atoms with van der Waals surface area (Å²) in [6, 6.07) is 4.91. The monoisotopic (exact) mass is 419 g/mol. The lowest BCUT2D eigenvalue weighted by molar-refractivity contribution is -0.156. The Labute approximate surface area is 173 Å². The number of hydrogen-bond acceptors (Lipinski definition) is 6. The molecule has 2 aliphatic heterocycles. The van der Waals surface area contributed by atoms with Crippen LogP contribution >= 0.6 is 11.8 Å². The zero-order valence-corrected chi connectivity index (χ0v) is 17.6. The van der Waals surface area contributed by atoms with Crippen LogP contribution in [0.1, 0.15) is 30.9 Å². The molecule has 2 fully saturated rings. The Balaban J connectivity index is 1.43. The van der Waals surface area contributed by atoms with Crippen LogP contribution < -0.4 is 10.6 Å². The van der Waals surface area contributed by atoms with Gasteiger partial charge in [-0.2, -0.15) is 0 Å². The van der Waals surface area contributed by atoms with Crippen molar-refractivity contribution in [3.63, 3.8) is 0 Å². The molecule has 3 rings (SSSR count). The highest BCUT2D eigenvalue weighted by Crippen LogP contribution is 2.47. The van der Waals surface area contributed by atoms with E-state index in [0.717, 1.165) is 11.1 Å². The molecule has 29 heavy (non-hydrogen) atoms. The van der Waals surface area contributed by atoms with E-state index >= 15 is 0 Å². The second kappa shape index (κ2) is 8.44. The average Bonchev–Trinajstić information content (AvgIpc) is 3.18. The van der Waals surface area contributed by atoms with E-state index < -0.39 is 24.5 Å². The number of nitrogens with one attached hydrogen (secondary N) is 2. The third kappa shape index (κ3) is 4.55. The SMILES string of the molecule is Cc1cccc(NC(=O)CNC(=O)COC(=O)[C@H]2CS[C@]3(C)CCC(=O)N23)c1C. The van der Waals surface area contributed by atoms with Crippen molar-refractivity contribution in [2.45, 2.75) is 44.5 Å². The van der Waals surface area contributed by atoms with Gasteiger partial charge in [0.2, 0.25) is 11.8 Å². The van der Waals surface area contributed by atoms with Gasteiger partial charge in [0.15, 0.2) is 6.61 Å². The number of amides is 3. The Morgan fingerprint density at radius 1 is 1.28 bits per heavy atom. The number of thioether (sulfide) groups is 1. The molecule has 0 aromatic heterocycles. The smallest absolute Gasteiger partial charge is 0.330 e. The van der Waals surface area contributed by atoms with E-state index in [4.69, 9.17) is 4.74 Å². The first kappa shape index (κ1) is 21.2. The van der Waals surface area contributed by atoms with Gasteiger partial charge in [0.1, 0.15) is 6.04 Å². The van der Waals surface area contributed by atoms with Gasteiger partial charge < -0.3 is 20.3 Å². The van der Waals surface area contributed by atoms with Gasteiger partial charge >= 0.3 is 5.97 Å². The van der Waals surface area contributed by atoms with Gasteiger partial charge in [-0.3, -0.25) is 14.4 Å². The van der Waals surface area contributed by atoms with E-state index in [1.54, 1.807) is 22.7 Å². The number of carbonyl (C=O) groups is 4. The summed E-state index contributed by atoms with van der Waals surface area (Å²) in [5.41, 5.74) is 2.70. The average molecular weight is 420 g/mol. The number of ether oxygens (including phenoxy) is 1. The zero-order chi connectivity index (χ0) is 21.2. The van der Waals surface area contributed by atoms with Crippen molar-refractivity contribution >= 4 is 41.1 Å². The van der Waals surface area contributed by atoms with Crippen molar-refractivity contribution in [3.05, 3.63) is 29.3 Å². The largest absolute Gasteiger partial charge is 0.454 e. The van der Waals surface area contributed by atoms with Crippen LogP contribution in [0.5, 0.6) is 0 Å². The molecule has 3 amide bonds. The standard InChI is InChI=1S/C20H25N3O5S/c1-12-5-4-6-14(13(12)2)22-16(24)9-21-17(25)10-28-19(27)15-11-29-20(3)8-7-18(26)23(15)20/h4-6,15H,7-11H2,1-3H3,(H,21,25)(H,22,24)/t15-,20-/m1/s1. The molecule has 0 radical (unpaired) electrons. The molecule has 1 aromatic carbocycles. The van der Waals surface area contributed by atoms with Crippen LogP contribution in [-0.2, 0) is 23.9 Å². The van der Waals surface area contributed by atoms with Gasteiger partial charge in [-0.25, -0.2) is 4.79 Å². The number of benzene rings is 1. The van der Waals surface area contributed by atoms with E-state index in [-0.39, 0.29) is 23.2 Å². The van der Waals surface area contributed by atoms with Crippen LogP contribution in [-0.4, -0.2) is 58.4 Å². The molecule has 2 heterocycles. The fourth-order valence-corrected chi connectivity index (χ4v) is 4.96. The number of nitrogens with zero attached hydrogens (tertiary/aromatic N) is 1. The predicted molar refractivity (Wildman–Crippen MR) is 109 cm³/mol. The van der Waals surface area contributed by atoms with E-state index in [1.807, 2.05) is 32.9 Å². The van der Waals surface area contributed by atoms with Gasteiger partial charge in [-0.05, 0) is 44.4 Å². The second-order valence-corrected chi connectivity index (χ2v) is 8.95. The van der Waals surface area contributed by atoms with Crippen LogP contribution in [0.2, 0.25) is 0 Å². The molecule has 2 N–H and O–H groups in total. The molecule has 9 heteroatoms. The maximum Gasteiger partial charge on any atom is 0.330 e. The number of carbonyl (C=O) groups excluding carboxylic acids is 4. The number of esters is 1. The van der Waals surface area contributed by atoms with E-state index in [2.05, 4.69) is 10.6 Å². The predicted octanol–water partition coefficient (Wildman–Crippen LogP) is 1.36. The molecule has 0 spiro atoms. The Hall–Kier alpha value is -2.55. The minimum atomic E-state index is -0.666. The van der Waals surface area contributed by atoms with Crippen molar-refractivity contribution in [1.82, 2.24) is 10.2 Å². The summed E-state index contributed by atoms with van der Waals surface area (Å²) in [5, 5.41) is 5.17. The van der Waals surface area contributed by atoms with Crippen LogP contribution in [0.15, 0.2) is 18.2 Å². The number of anilines is 1. The second-order valence-electron chi connectivity index (χ2n) is 7.45. The highest BCUT2D eigenvalue weighted by atomic mass is 32.2. The number of aryl methyl sites for hydroxylation is 1. The van der Waals surface area contributed by atoms with Gasteiger partial charge in [-0.1, -0.05) is 12.1 Å². The molecule has 0 bridgehead atoms. The quantitative estimate of drug-likeness (QED) is 0.675. The van der Waals surface area contributed by atoms with Crippen molar-refractivity contribution in [1.29, 1.82) is 0 Å². The zero-order valence-electron chi connectivity index (χ0n) is 16.7. The fourth-order valence-electron chi connectivity index (χ4n) is 3.54. The summed E-state index contributed by atoms with van der Waals surface area (Å²) < 4.78 is 5.08. The van der Waals surface area contributed by atoms with Crippen molar-refractivity contribution < 1.29 is 23.9 Å². The molecular weight excluding hydrogens is 394 g/mol. The summed E-state index contributed by atoms with van der Waals surface area (Å²) >= 11 is 1.56. The highest BCUT2D eigenvalue weighted by Gasteiger charge is 2.53. The molecule has 0 unspecified atom stereocenters. The fraction of sp³-hybridized carbons (Fsp3) is 0.500. The van der Waals surface area contributed by atoms with E-state index in [1.165, 1.54) is 0 Å². The van der Waals surface area contributed by atoms with Crippen molar-refractivity contribution in [2.75, 3.05) is 24.2 Å². The molecule has 2 aliphatic rings. The molecule has 0 saturated carbocycles. The first-order valence-corrected chi connectivity index (χ1v) is 10.5. The number of fused-ring (bicyclic) bond motifs is 1. The third-order valence-corrected chi connectivity index (χ3v) is 6.89. The molecule has 0 aliphatic carbocycles. The van der Waals surface area contributed by atoms with E-state index in [9.17, 15) is 19.2 Å². The molecule has 2 saturated heterocycles. The molecular formula is C20H25N3O5S. The summed E-state index contributed by atoms with van der Waals surface area (Å²) in [7, 11) is 0. The van der Waals surface area contributed by atoms with Crippen molar-refractivity contribution in [3.8, 4) is 0 Å². The topological polar surface area (TPSA) is 105 Å². The maximum atomic E-state index is 12.3. The summed E-state index contributed by atoms with van der Waals surface area (Å²) in [4.78, 5) is 49.6. The first-order chi connectivity index (χ1) is 13.7. The van der Waals surface area contributed by atoms with Crippen molar-refractivity contribution in [2.24, 2.45) is 0 Å². The van der Waals surface area contributed by atoms with Crippen LogP contribution in [0, 0.1) is 13.8 Å². The van der Waals surface area contributed by atoms with Gasteiger partial charge in [-0.15, -0.1) is 11.8 Å². The number of rotatable bonds is 6. The van der Waals surface area contributed by atoms with Crippen LogP contribution in [0.4, 0.5) is 5.69 Å². The molecule has 156 valence electrons. The third-order valence-electron chi connectivity index (χ3n) is 5.39. The lowest BCUT2D eigenvalue weighted by atomic mass is 10.1. The Morgan fingerprint density at radius 2 is 2.03 bits per heavy atom. The minimum absolute atomic E-state index is 0.0629. The summed E-state index contributed by atoms with van der Waals surface area (Å²) in [6.45, 7) is 5.07. The van der Waals surface area contributed by atoms with Gasteiger partial charge in [0.05, 0.1) is 11.4 Å². The number of hydrogen-bond donors (Lipinski definition) is 2. The minimum Gasteiger partial charge on any atom is -0.454 e. The maximum absolute atomic E-state index is 12.3. The van der Waals surface area contributed by atoms with Gasteiger partial charge in [0.25, 0.3) is 5.91 Å². The summed E-state index contributed by atoms with van der Waals surface area (Å²) in [6.07, 6.45) is 1.12. The normalized spacial score (nSPS) is 22.9. The van der Waals surface area contributed by atoms with Crippen LogP contribution in [0.25, 0.3) is 0 Å². The Morgan fingerprint density at radius 3 is 2.79 bits per heavy atom. The molecule has 2 atom stereocenters. The van der Waals surface area contributed by atoms with Gasteiger partial charge in [0, 0.05) is 17.9 Å². The van der Waals surface area contributed by atoms with E-state index in [0.29, 0.717) is 24.3 Å². The lowest BCUT2D eigenvalue weighted by Crippen LogP contribution is -2.47. The lowest BCUT2D eigenvalue weighted by Gasteiger charge is -2.29. The highest BCUT2D eigenvalue weighted by molar-refractivity contribution is 8.01. The molecule has 1 aromatic rings. The first-order valence-electron chi connectivity index (χ1n) is 9.47. The Kier molecular flexibility index (Phi) is 6.16. The Bertz CT molecular complexity index is 859. The summed E-state index contributed by atoms with van der Waals surface area (Å²) in [5.74, 6) is -1.14.